The maximum atomic E-state index is 11.2. The van der Waals surface area contributed by atoms with Gasteiger partial charge in [-0.05, 0) is 29.8 Å². The van der Waals surface area contributed by atoms with Crippen LogP contribution in [0.5, 0.6) is 0 Å². The first kappa shape index (κ1) is 15.0. The summed E-state index contributed by atoms with van der Waals surface area (Å²) in [6, 6.07) is 14.4. The Morgan fingerprint density at radius 3 is 1.91 bits per heavy atom. The molecule has 0 amide bonds. The molecule has 2 aromatic carbocycles. The fraction of sp³-hybridized carbons (Fsp3) is 0. The molecule has 1 heterocycles. The number of halogens is 2. The molecule has 0 radical (unpaired) electrons. The van der Waals surface area contributed by atoms with Gasteiger partial charge in [0.05, 0.1) is 10.6 Å². The van der Waals surface area contributed by atoms with Gasteiger partial charge in [0.25, 0.3) is 0 Å². The number of carboxylic acids is 1. The van der Waals surface area contributed by atoms with Crippen molar-refractivity contribution >= 4 is 40.5 Å². The first-order valence-corrected chi connectivity index (χ1v) is 7.88. The first-order valence-electron chi connectivity index (χ1n) is 6.30. The molecule has 0 fully saturated rings. The van der Waals surface area contributed by atoms with Crippen molar-refractivity contribution in [3.05, 3.63) is 63.6 Å². The zero-order valence-corrected chi connectivity index (χ0v) is 13.4. The number of hydrogen-bond acceptors (Lipinski definition) is 3. The minimum atomic E-state index is -1.04. The predicted octanol–water partition coefficient (Wildman–Crippen LogP) is 5.48. The summed E-state index contributed by atoms with van der Waals surface area (Å²) in [5, 5.41) is 10.5. The van der Waals surface area contributed by atoms with Crippen molar-refractivity contribution in [2.45, 2.75) is 0 Å². The van der Waals surface area contributed by atoms with Crippen molar-refractivity contribution in [1.29, 1.82) is 0 Å². The monoisotopic (exact) mass is 349 g/mol. The Labute approximate surface area is 140 Å². The van der Waals surface area contributed by atoms with Crippen LogP contribution >= 0.6 is 34.5 Å². The fourth-order valence-electron chi connectivity index (χ4n) is 2.01. The van der Waals surface area contributed by atoms with E-state index < -0.39 is 5.97 Å². The van der Waals surface area contributed by atoms with Crippen LogP contribution in [0.25, 0.3) is 21.7 Å². The zero-order chi connectivity index (χ0) is 15.7. The average molecular weight is 350 g/mol. The second-order valence-corrected chi connectivity index (χ2v) is 6.39. The van der Waals surface area contributed by atoms with Crippen molar-refractivity contribution in [3.8, 4) is 21.7 Å². The van der Waals surface area contributed by atoms with Crippen LogP contribution in [0.2, 0.25) is 10.0 Å². The second kappa shape index (κ2) is 6.08. The molecule has 3 rings (SSSR count). The molecular formula is C16H9Cl2NO2S. The highest BCUT2D eigenvalue weighted by molar-refractivity contribution is 7.17. The predicted molar refractivity (Wildman–Crippen MR) is 90.0 cm³/mol. The molecule has 0 aliphatic carbocycles. The van der Waals surface area contributed by atoms with E-state index in [4.69, 9.17) is 23.2 Å². The number of aromatic carboxylic acids is 1. The number of hydrogen-bond donors (Lipinski definition) is 1. The van der Waals surface area contributed by atoms with Gasteiger partial charge >= 0.3 is 5.97 Å². The standard InChI is InChI=1S/C16H9Cl2NO2S/c17-11-5-1-9(2-6-11)13-14(22-15(19-13)16(20)21)10-3-7-12(18)8-4-10/h1-8H,(H,20,21). The SMILES string of the molecule is O=C(O)c1nc(-c2ccc(Cl)cc2)c(-c2ccc(Cl)cc2)s1. The van der Waals surface area contributed by atoms with Crippen LogP contribution in [0.1, 0.15) is 9.80 Å². The molecule has 0 unspecified atom stereocenters. The number of rotatable bonds is 3. The molecule has 6 heteroatoms. The van der Waals surface area contributed by atoms with E-state index in [-0.39, 0.29) is 5.01 Å². The van der Waals surface area contributed by atoms with Gasteiger partial charge in [-0.3, -0.25) is 0 Å². The van der Waals surface area contributed by atoms with Crippen LogP contribution in [0.15, 0.2) is 48.5 Å². The average Bonchev–Trinajstić information content (AvgIpc) is 2.94. The lowest BCUT2D eigenvalue weighted by molar-refractivity contribution is 0.0696. The van der Waals surface area contributed by atoms with Crippen LogP contribution in [-0.4, -0.2) is 16.1 Å². The highest BCUT2D eigenvalue weighted by Gasteiger charge is 2.18. The number of aromatic nitrogens is 1. The Hall–Kier alpha value is -1.88. The molecule has 0 spiro atoms. The lowest BCUT2D eigenvalue weighted by Crippen LogP contribution is -1.94. The molecular weight excluding hydrogens is 341 g/mol. The second-order valence-electron chi connectivity index (χ2n) is 4.52. The number of thiazole rings is 1. The maximum absolute atomic E-state index is 11.2. The molecule has 0 saturated heterocycles. The van der Waals surface area contributed by atoms with Crippen molar-refractivity contribution in [2.75, 3.05) is 0 Å². The number of benzene rings is 2. The minimum absolute atomic E-state index is 0.0508. The largest absolute Gasteiger partial charge is 0.476 e. The van der Waals surface area contributed by atoms with Gasteiger partial charge in [-0.25, -0.2) is 9.78 Å². The molecule has 0 aliphatic heterocycles. The van der Waals surface area contributed by atoms with Crippen molar-refractivity contribution in [3.63, 3.8) is 0 Å². The van der Waals surface area contributed by atoms with Crippen molar-refractivity contribution in [2.24, 2.45) is 0 Å². The smallest absolute Gasteiger partial charge is 0.365 e. The Bertz CT molecular complexity index is 763. The molecule has 22 heavy (non-hydrogen) atoms. The molecule has 3 aromatic rings. The number of nitrogens with zero attached hydrogens (tertiary/aromatic N) is 1. The Kier molecular flexibility index (Phi) is 4.16. The van der Waals surface area contributed by atoms with E-state index in [2.05, 4.69) is 4.98 Å². The topological polar surface area (TPSA) is 50.2 Å². The van der Waals surface area contributed by atoms with Crippen LogP contribution in [0.4, 0.5) is 0 Å². The van der Waals surface area contributed by atoms with E-state index in [1.54, 1.807) is 24.3 Å². The molecule has 0 aliphatic rings. The van der Waals surface area contributed by atoms with Gasteiger partial charge in [0, 0.05) is 15.6 Å². The summed E-state index contributed by atoms with van der Waals surface area (Å²) in [6.07, 6.45) is 0. The van der Waals surface area contributed by atoms with E-state index in [0.29, 0.717) is 15.7 Å². The maximum Gasteiger partial charge on any atom is 0.365 e. The van der Waals surface area contributed by atoms with Gasteiger partial charge in [0.15, 0.2) is 0 Å². The van der Waals surface area contributed by atoms with Crippen molar-refractivity contribution in [1.82, 2.24) is 4.98 Å². The Morgan fingerprint density at radius 1 is 0.909 bits per heavy atom. The van der Waals surface area contributed by atoms with E-state index in [0.717, 1.165) is 27.3 Å². The van der Waals surface area contributed by atoms with Crippen LogP contribution < -0.4 is 0 Å². The highest BCUT2D eigenvalue weighted by Crippen LogP contribution is 2.37. The summed E-state index contributed by atoms with van der Waals surface area (Å²) >= 11 is 12.9. The lowest BCUT2D eigenvalue weighted by Gasteiger charge is -2.03. The van der Waals surface area contributed by atoms with Gasteiger partial charge in [-0.2, -0.15) is 0 Å². The molecule has 3 nitrogen and oxygen atoms in total. The summed E-state index contributed by atoms with van der Waals surface area (Å²) in [5.41, 5.74) is 2.32. The Morgan fingerprint density at radius 2 is 1.41 bits per heavy atom. The third kappa shape index (κ3) is 2.99. The summed E-state index contributed by atoms with van der Waals surface area (Å²) in [6.45, 7) is 0. The van der Waals surface area contributed by atoms with E-state index in [1.165, 1.54) is 0 Å². The quantitative estimate of drug-likeness (QED) is 0.680. The fourth-order valence-corrected chi connectivity index (χ4v) is 3.20. The van der Waals surface area contributed by atoms with Crippen LogP contribution in [0.3, 0.4) is 0 Å². The minimum Gasteiger partial charge on any atom is -0.476 e. The zero-order valence-electron chi connectivity index (χ0n) is 11.1. The normalized spacial score (nSPS) is 10.6. The highest BCUT2D eigenvalue weighted by atomic mass is 35.5. The third-order valence-corrected chi connectivity index (χ3v) is 4.63. The van der Waals surface area contributed by atoms with Crippen LogP contribution in [0, 0.1) is 0 Å². The van der Waals surface area contributed by atoms with E-state index in [9.17, 15) is 9.90 Å². The molecule has 0 bridgehead atoms. The van der Waals surface area contributed by atoms with E-state index >= 15 is 0 Å². The van der Waals surface area contributed by atoms with Gasteiger partial charge in [0.2, 0.25) is 5.01 Å². The third-order valence-electron chi connectivity index (χ3n) is 3.03. The molecule has 110 valence electrons. The van der Waals surface area contributed by atoms with Gasteiger partial charge < -0.3 is 5.11 Å². The summed E-state index contributed by atoms with van der Waals surface area (Å²) in [7, 11) is 0. The number of carboxylic acid groups (broad SMARTS) is 1. The number of carbonyl (C=O) groups is 1. The Balaban J connectivity index is 2.17. The van der Waals surface area contributed by atoms with Gasteiger partial charge in [-0.1, -0.05) is 47.5 Å². The molecule has 0 saturated carbocycles. The molecule has 1 aromatic heterocycles. The lowest BCUT2D eigenvalue weighted by atomic mass is 10.1. The summed E-state index contributed by atoms with van der Waals surface area (Å²) < 4.78 is 0. The van der Waals surface area contributed by atoms with E-state index in [1.807, 2.05) is 24.3 Å². The van der Waals surface area contributed by atoms with Gasteiger partial charge in [0.1, 0.15) is 0 Å². The molecule has 0 atom stereocenters. The van der Waals surface area contributed by atoms with Crippen molar-refractivity contribution < 1.29 is 9.90 Å². The first-order chi connectivity index (χ1) is 10.5. The summed E-state index contributed by atoms with van der Waals surface area (Å²) in [4.78, 5) is 16.3. The molecule has 1 N–H and O–H groups in total. The van der Waals surface area contributed by atoms with Crippen LogP contribution in [-0.2, 0) is 0 Å². The summed E-state index contributed by atoms with van der Waals surface area (Å²) in [5.74, 6) is -1.04. The van der Waals surface area contributed by atoms with Gasteiger partial charge in [-0.15, -0.1) is 11.3 Å².